The molecule has 4 N–H and O–H groups in total. The van der Waals surface area contributed by atoms with Crippen LogP contribution in [0.3, 0.4) is 0 Å². The second-order valence-electron chi connectivity index (χ2n) is 13.6. The van der Waals surface area contributed by atoms with Gasteiger partial charge in [-0.25, -0.2) is 0 Å². The summed E-state index contributed by atoms with van der Waals surface area (Å²) in [7, 11) is 1.97. The highest BCUT2D eigenvalue weighted by Crippen LogP contribution is 2.49. The van der Waals surface area contributed by atoms with Crippen molar-refractivity contribution >= 4 is 28.6 Å². The Morgan fingerprint density at radius 1 is 1.21 bits per heavy atom. The van der Waals surface area contributed by atoms with Crippen molar-refractivity contribution in [3.8, 4) is 0 Å². The molecule has 4 saturated heterocycles. The zero-order chi connectivity index (χ0) is 29.9. The molecule has 1 aliphatic carbocycles. The van der Waals surface area contributed by atoms with Gasteiger partial charge in [0.1, 0.15) is 12.1 Å². The molecular formula is C31H41N5O6. The molecule has 2 aromatic rings. The van der Waals surface area contributed by atoms with E-state index in [0.29, 0.717) is 25.9 Å². The van der Waals surface area contributed by atoms with E-state index in [0.717, 1.165) is 22.9 Å². The molecule has 7 rings (SSSR count). The van der Waals surface area contributed by atoms with Crippen molar-refractivity contribution in [2.45, 2.75) is 88.7 Å². The van der Waals surface area contributed by atoms with Crippen LogP contribution in [-0.4, -0.2) is 104 Å². The number of aliphatic hydroxyl groups excluding tert-OH is 1. The fraction of sp³-hybridized carbons (Fsp3) is 0.645. The largest absolute Gasteiger partial charge is 0.392 e. The molecule has 226 valence electrons. The van der Waals surface area contributed by atoms with Crippen molar-refractivity contribution < 1.29 is 29.3 Å². The van der Waals surface area contributed by atoms with Crippen molar-refractivity contribution in [1.82, 2.24) is 25.0 Å². The number of rotatable bonds is 4. The molecule has 1 aromatic carbocycles. The van der Waals surface area contributed by atoms with Crippen molar-refractivity contribution in [3.63, 3.8) is 0 Å². The van der Waals surface area contributed by atoms with Gasteiger partial charge in [0.25, 0.3) is 11.8 Å². The lowest BCUT2D eigenvalue weighted by Gasteiger charge is -2.49. The number of carbonyl (C=O) groups excluding carboxylic acids is 3. The summed E-state index contributed by atoms with van der Waals surface area (Å²) in [6, 6.07) is 4.39. The first kappa shape index (κ1) is 27.8. The maximum atomic E-state index is 14.4. The molecule has 0 bridgehead atoms. The van der Waals surface area contributed by atoms with Gasteiger partial charge in [0.05, 0.1) is 12.0 Å². The molecule has 11 heteroatoms. The lowest BCUT2D eigenvalue weighted by Crippen LogP contribution is -2.72. The molecular weight excluding hydrogens is 538 g/mol. The van der Waals surface area contributed by atoms with Gasteiger partial charge in [-0.15, -0.1) is 0 Å². The van der Waals surface area contributed by atoms with E-state index in [9.17, 15) is 24.6 Å². The third-order valence-corrected chi connectivity index (χ3v) is 10.6. The number of nitrogens with one attached hydrogen (secondary N) is 2. The van der Waals surface area contributed by atoms with Crippen LogP contribution in [-0.2, 0) is 25.5 Å². The van der Waals surface area contributed by atoms with Crippen molar-refractivity contribution in [2.75, 3.05) is 20.1 Å². The van der Waals surface area contributed by atoms with E-state index in [2.05, 4.69) is 15.2 Å². The van der Waals surface area contributed by atoms with Gasteiger partial charge in [0.15, 0.2) is 0 Å². The Hall–Kier alpha value is -2.99. The van der Waals surface area contributed by atoms with E-state index in [1.54, 1.807) is 18.7 Å². The molecule has 1 aromatic heterocycles. The summed E-state index contributed by atoms with van der Waals surface area (Å²) in [5.41, 5.74) is 1.32. The molecule has 4 aliphatic heterocycles. The van der Waals surface area contributed by atoms with Crippen LogP contribution in [0.15, 0.2) is 24.4 Å². The molecule has 0 saturated carbocycles. The number of likely N-dealkylation sites (N-methyl/N-ethyl adjacent to an activating group) is 1. The number of ether oxygens (including phenoxy) is 1. The number of fused-ring (bicyclic) bond motifs is 5. The third kappa shape index (κ3) is 3.51. The van der Waals surface area contributed by atoms with Crippen LogP contribution in [0.2, 0.25) is 0 Å². The zero-order valence-corrected chi connectivity index (χ0v) is 24.8. The van der Waals surface area contributed by atoms with Crippen LogP contribution in [0.4, 0.5) is 0 Å². The highest BCUT2D eigenvalue weighted by atomic mass is 16.7. The number of hydrogen-bond donors (Lipinski definition) is 4. The topological polar surface area (TPSA) is 138 Å². The van der Waals surface area contributed by atoms with Crippen LogP contribution >= 0.6 is 0 Å². The van der Waals surface area contributed by atoms with Gasteiger partial charge in [-0.2, -0.15) is 0 Å². The Kier molecular flexibility index (Phi) is 6.13. The van der Waals surface area contributed by atoms with Gasteiger partial charge in [0.2, 0.25) is 17.5 Å². The van der Waals surface area contributed by atoms with Gasteiger partial charge in [0, 0.05) is 48.1 Å². The average Bonchev–Trinajstić information content (AvgIpc) is 3.65. The highest BCUT2D eigenvalue weighted by Gasteiger charge is 2.72. The van der Waals surface area contributed by atoms with E-state index in [1.807, 2.05) is 45.3 Å². The smallest absolute Gasteiger partial charge is 0.281 e. The van der Waals surface area contributed by atoms with Crippen LogP contribution in [0.1, 0.15) is 57.6 Å². The van der Waals surface area contributed by atoms with E-state index < -0.39 is 53.5 Å². The number of aromatic amines is 1. The Morgan fingerprint density at radius 2 is 1.98 bits per heavy atom. The Balaban J connectivity index is 1.23. The lowest BCUT2D eigenvalue weighted by molar-refractivity contribution is -0.323. The van der Waals surface area contributed by atoms with Crippen LogP contribution in [0.25, 0.3) is 10.9 Å². The minimum Gasteiger partial charge on any atom is -0.392 e. The number of likely N-dealkylation sites (tertiary alicyclic amines) is 1. The normalized spacial score (nSPS) is 37.9. The standard InChI is InChI=1S/C31H41N5O6/c1-15(2)25-28(39)35-11-7-10-22(35)31(41)36(25)29(40)30(42-31,16(3)4)33-27(38)19-14-34(5)21-12-17-13-32-20-9-6-8-18(23(17)20)24(21)26(19)37/h6,8-9,13,15-16,19,21-22,24-26,32,37,41H,7,10-12,14H2,1-5H3,(H,33,38)/t19-,21+,22-,24?,25-,26?,30+,31-/m0/s1. The fourth-order valence-electron chi connectivity index (χ4n) is 8.53. The van der Waals surface area contributed by atoms with E-state index in [1.165, 1.54) is 10.5 Å². The number of hydrogen-bond acceptors (Lipinski definition) is 7. The van der Waals surface area contributed by atoms with Crippen molar-refractivity contribution in [2.24, 2.45) is 17.8 Å². The summed E-state index contributed by atoms with van der Waals surface area (Å²) in [5.74, 6) is -5.41. The second kappa shape index (κ2) is 9.25. The third-order valence-electron chi connectivity index (χ3n) is 10.6. The Morgan fingerprint density at radius 3 is 2.69 bits per heavy atom. The lowest BCUT2D eigenvalue weighted by atomic mass is 9.70. The number of amides is 3. The molecule has 8 atom stereocenters. The fourth-order valence-corrected chi connectivity index (χ4v) is 8.53. The van der Waals surface area contributed by atoms with Crippen LogP contribution in [0.5, 0.6) is 0 Å². The van der Waals surface area contributed by atoms with E-state index in [-0.39, 0.29) is 23.8 Å². The Labute approximate surface area is 245 Å². The first-order valence-electron chi connectivity index (χ1n) is 15.3. The number of aliphatic hydroxyl groups is 2. The summed E-state index contributed by atoms with van der Waals surface area (Å²) >= 11 is 0. The zero-order valence-electron chi connectivity index (χ0n) is 24.8. The predicted molar refractivity (Wildman–Crippen MR) is 153 cm³/mol. The summed E-state index contributed by atoms with van der Waals surface area (Å²) in [6.45, 7) is 7.97. The van der Waals surface area contributed by atoms with Gasteiger partial charge >= 0.3 is 0 Å². The molecule has 3 amide bonds. The molecule has 42 heavy (non-hydrogen) atoms. The van der Waals surface area contributed by atoms with Crippen LogP contribution < -0.4 is 5.32 Å². The van der Waals surface area contributed by atoms with Crippen LogP contribution in [0, 0.1) is 17.8 Å². The number of piperazine rings is 1. The number of H-pyrrole nitrogens is 1. The van der Waals surface area contributed by atoms with Gasteiger partial charge in [-0.3, -0.25) is 24.0 Å². The van der Waals surface area contributed by atoms with Crippen molar-refractivity contribution in [1.29, 1.82) is 0 Å². The molecule has 0 radical (unpaired) electrons. The number of carbonyl (C=O) groups is 3. The summed E-state index contributed by atoms with van der Waals surface area (Å²) in [5, 5.41) is 27.9. The average molecular weight is 580 g/mol. The molecule has 2 unspecified atom stereocenters. The molecule has 0 spiro atoms. The number of nitrogens with zero attached hydrogens (tertiary/aromatic N) is 3. The molecule has 5 heterocycles. The first-order valence-corrected chi connectivity index (χ1v) is 15.3. The maximum Gasteiger partial charge on any atom is 0.281 e. The minimum absolute atomic E-state index is 0.0159. The molecule has 5 aliphatic rings. The second-order valence-corrected chi connectivity index (χ2v) is 13.6. The molecule has 4 fully saturated rings. The quantitative estimate of drug-likeness (QED) is 0.426. The van der Waals surface area contributed by atoms with E-state index >= 15 is 0 Å². The van der Waals surface area contributed by atoms with Gasteiger partial charge < -0.3 is 30.3 Å². The number of benzene rings is 1. The first-order chi connectivity index (χ1) is 19.9. The van der Waals surface area contributed by atoms with Crippen molar-refractivity contribution in [3.05, 3.63) is 35.5 Å². The number of aromatic nitrogens is 1. The summed E-state index contributed by atoms with van der Waals surface area (Å²) in [6.07, 6.45) is 2.96. The summed E-state index contributed by atoms with van der Waals surface area (Å²) in [4.78, 5) is 50.4. The Bertz CT molecular complexity index is 1470. The van der Waals surface area contributed by atoms with Gasteiger partial charge in [-0.05, 0) is 49.4 Å². The molecule has 11 nitrogen and oxygen atoms in total. The maximum absolute atomic E-state index is 14.4. The monoisotopic (exact) mass is 579 g/mol. The number of piperidine rings is 1. The summed E-state index contributed by atoms with van der Waals surface area (Å²) < 4.78 is 6.38. The highest BCUT2D eigenvalue weighted by molar-refractivity contribution is 5.98. The van der Waals surface area contributed by atoms with E-state index in [4.69, 9.17) is 4.74 Å². The minimum atomic E-state index is -2.06. The SMILES string of the molecule is CC(C)[C@H]1C(=O)N2CCC[C@H]2[C@]2(O)O[C@](NC(=O)[C@H]3CN(C)[C@@H]4Cc5c[nH]c6cccc(c56)C4C3O)(C(C)C)C(=O)N12. The predicted octanol–water partition coefficient (Wildman–Crippen LogP) is 1.10. The van der Waals surface area contributed by atoms with Gasteiger partial charge in [-0.1, -0.05) is 39.8 Å².